The Bertz CT molecular complexity index is 501. The van der Waals surface area contributed by atoms with Crippen molar-refractivity contribution in [3.63, 3.8) is 0 Å². The third kappa shape index (κ3) is 2.73. The van der Waals surface area contributed by atoms with Crippen LogP contribution in [0.3, 0.4) is 0 Å². The average Bonchev–Trinajstić information content (AvgIpc) is 2.67. The van der Waals surface area contributed by atoms with E-state index < -0.39 is 5.54 Å². The third-order valence-corrected chi connectivity index (χ3v) is 3.04. The van der Waals surface area contributed by atoms with E-state index in [4.69, 9.17) is 4.74 Å². The van der Waals surface area contributed by atoms with E-state index in [1.54, 1.807) is 26.2 Å². The van der Waals surface area contributed by atoms with Gasteiger partial charge in [-0.25, -0.2) is 4.39 Å². The topological polar surface area (TPSA) is 62.7 Å². The zero-order valence-electron chi connectivity index (χ0n) is 10.9. The van der Waals surface area contributed by atoms with Crippen LogP contribution in [-0.2, 0) is 15.1 Å². The molecule has 1 aromatic rings. The zero-order valence-corrected chi connectivity index (χ0v) is 10.9. The fraction of sp³-hybridized carbons (Fsp3) is 0.385. The summed E-state index contributed by atoms with van der Waals surface area (Å²) in [5.74, 6) is -0.135. The molecule has 0 spiro atoms. The van der Waals surface area contributed by atoms with Crippen molar-refractivity contribution in [3.05, 3.63) is 35.6 Å². The van der Waals surface area contributed by atoms with Crippen LogP contribution in [0.2, 0.25) is 0 Å². The number of benzene rings is 1. The monoisotopic (exact) mass is 265 g/mol. The summed E-state index contributed by atoms with van der Waals surface area (Å²) >= 11 is 0. The normalized spacial score (nSPS) is 24.4. The van der Waals surface area contributed by atoms with E-state index in [-0.39, 0.29) is 11.7 Å². The van der Waals surface area contributed by atoms with Crippen LogP contribution in [0.5, 0.6) is 0 Å². The van der Waals surface area contributed by atoms with Gasteiger partial charge >= 0.3 is 0 Å². The van der Waals surface area contributed by atoms with Crippen LogP contribution in [0, 0.1) is 5.82 Å². The van der Waals surface area contributed by atoms with E-state index in [0.29, 0.717) is 24.7 Å². The quantitative estimate of drug-likeness (QED) is 0.790. The van der Waals surface area contributed by atoms with Gasteiger partial charge < -0.3 is 10.1 Å². The molecule has 2 rings (SSSR count). The van der Waals surface area contributed by atoms with Gasteiger partial charge in [-0.15, -0.1) is 0 Å². The predicted molar refractivity (Wildman–Crippen MR) is 69.2 cm³/mol. The van der Waals surface area contributed by atoms with Crippen LogP contribution >= 0.6 is 0 Å². The molecule has 2 N–H and O–H groups in total. The highest BCUT2D eigenvalue weighted by Crippen LogP contribution is 2.24. The number of halogens is 1. The van der Waals surface area contributed by atoms with Crippen molar-refractivity contribution in [3.8, 4) is 0 Å². The first-order valence-electron chi connectivity index (χ1n) is 5.95. The fourth-order valence-electron chi connectivity index (χ4n) is 1.87. The number of hydrogen-bond donors (Lipinski definition) is 2. The van der Waals surface area contributed by atoms with Crippen LogP contribution in [0.25, 0.3) is 0 Å². The molecule has 1 amide bonds. The lowest BCUT2D eigenvalue weighted by molar-refractivity contribution is -0.123. The lowest BCUT2D eigenvalue weighted by Gasteiger charge is -2.21. The molecule has 1 aliphatic heterocycles. The lowest BCUT2D eigenvalue weighted by atomic mass is 9.92. The van der Waals surface area contributed by atoms with Gasteiger partial charge in [-0.05, 0) is 24.6 Å². The van der Waals surface area contributed by atoms with Gasteiger partial charge in [0, 0.05) is 7.11 Å². The molecule has 0 radical (unpaired) electrons. The standard InChI is InChI=1S/C13H16FN3O2/c1-13(9-3-5-10(14)6-4-9)11(18)16-12(17-13)15-7-8-19-2/h3-6H,7-8H2,1-2H3,(H2,15,16,17,18). The first-order valence-corrected chi connectivity index (χ1v) is 5.95. The van der Waals surface area contributed by atoms with Crippen molar-refractivity contribution in [1.29, 1.82) is 0 Å². The first kappa shape index (κ1) is 13.5. The number of carbonyl (C=O) groups is 1. The Labute approximate surface area is 110 Å². The van der Waals surface area contributed by atoms with Gasteiger partial charge in [0.25, 0.3) is 5.91 Å². The van der Waals surface area contributed by atoms with Gasteiger partial charge in [0.05, 0.1) is 13.2 Å². The summed E-state index contributed by atoms with van der Waals surface area (Å²) in [6.07, 6.45) is 0. The van der Waals surface area contributed by atoms with E-state index >= 15 is 0 Å². The fourth-order valence-corrected chi connectivity index (χ4v) is 1.87. The van der Waals surface area contributed by atoms with Crippen molar-refractivity contribution in [2.75, 3.05) is 20.3 Å². The van der Waals surface area contributed by atoms with Crippen molar-refractivity contribution in [1.82, 2.24) is 10.6 Å². The molecule has 1 unspecified atom stereocenters. The van der Waals surface area contributed by atoms with Gasteiger partial charge in [-0.2, -0.15) is 0 Å². The van der Waals surface area contributed by atoms with Crippen LogP contribution in [0.1, 0.15) is 12.5 Å². The van der Waals surface area contributed by atoms with Crippen molar-refractivity contribution >= 4 is 11.9 Å². The number of carbonyl (C=O) groups excluding carboxylic acids is 1. The maximum Gasteiger partial charge on any atom is 0.256 e. The zero-order chi connectivity index (χ0) is 13.9. The van der Waals surface area contributed by atoms with E-state index in [9.17, 15) is 9.18 Å². The highest BCUT2D eigenvalue weighted by Gasteiger charge is 2.42. The highest BCUT2D eigenvalue weighted by atomic mass is 19.1. The molecule has 19 heavy (non-hydrogen) atoms. The molecule has 5 nitrogen and oxygen atoms in total. The number of rotatable bonds is 4. The number of guanidine groups is 1. The molecule has 1 atom stereocenters. The summed E-state index contributed by atoms with van der Waals surface area (Å²) in [6.45, 7) is 2.67. The molecule has 0 aromatic heterocycles. The molecule has 1 fully saturated rings. The minimum atomic E-state index is -0.931. The third-order valence-electron chi connectivity index (χ3n) is 3.04. The molecule has 1 heterocycles. The van der Waals surface area contributed by atoms with Crippen LogP contribution < -0.4 is 10.6 Å². The average molecular weight is 265 g/mol. The first-order chi connectivity index (χ1) is 9.06. The van der Waals surface area contributed by atoms with Gasteiger partial charge in [0.15, 0.2) is 5.96 Å². The molecule has 6 heteroatoms. The Morgan fingerprint density at radius 3 is 2.68 bits per heavy atom. The van der Waals surface area contributed by atoms with E-state index in [0.717, 1.165) is 0 Å². The van der Waals surface area contributed by atoms with Crippen molar-refractivity contribution in [2.24, 2.45) is 4.99 Å². The molecule has 1 aromatic carbocycles. The van der Waals surface area contributed by atoms with E-state index in [1.165, 1.54) is 12.1 Å². The van der Waals surface area contributed by atoms with Crippen LogP contribution in [-0.4, -0.2) is 32.1 Å². The second-order valence-electron chi connectivity index (χ2n) is 4.43. The highest BCUT2D eigenvalue weighted by molar-refractivity contribution is 6.09. The molecule has 0 aliphatic carbocycles. The van der Waals surface area contributed by atoms with Gasteiger partial charge in [-0.1, -0.05) is 12.1 Å². The number of nitrogens with zero attached hydrogens (tertiary/aromatic N) is 1. The predicted octanol–water partition coefficient (Wildman–Crippen LogP) is 0.763. The second kappa shape index (κ2) is 5.36. The molecule has 0 bridgehead atoms. The maximum absolute atomic E-state index is 12.9. The summed E-state index contributed by atoms with van der Waals surface area (Å²) in [7, 11) is 1.59. The summed E-state index contributed by atoms with van der Waals surface area (Å²) in [4.78, 5) is 16.2. The number of hydrogen-bond acceptors (Lipinski definition) is 3. The lowest BCUT2D eigenvalue weighted by Crippen LogP contribution is -2.40. The minimum Gasteiger partial charge on any atom is -0.383 e. The summed E-state index contributed by atoms with van der Waals surface area (Å²) in [5.41, 5.74) is -0.247. The SMILES string of the molecule is COCCN=C1NC(=O)C(C)(c2ccc(F)cc2)N1. The molecular formula is C13H16FN3O2. The number of ether oxygens (including phenoxy) is 1. The van der Waals surface area contributed by atoms with Crippen LogP contribution in [0.15, 0.2) is 29.3 Å². The Balaban J connectivity index is 2.18. The van der Waals surface area contributed by atoms with Gasteiger partial charge in [0.1, 0.15) is 11.4 Å². The number of aliphatic imine (C=N–C) groups is 1. The number of nitrogens with one attached hydrogen (secondary N) is 2. The van der Waals surface area contributed by atoms with E-state index in [2.05, 4.69) is 15.6 Å². The number of amides is 1. The molecule has 0 saturated carbocycles. The van der Waals surface area contributed by atoms with E-state index in [1.807, 2.05) is 0 Å². The molecular weight excluding hydrogens is 249 g/mol. The Hall–Kier alpha value is -1.95. The Kier molecular flexibility index (Phi) is 3.80. The Morgan fingerprint density at radius 2 is 2.05 bits per heavy atom. The summed E-state index contributed by atoms with van der Waals surface area (Å²) < 4.78 is 17.8. The number of methoxy groups -OCH3 is 1. The summed E-state index contributed by atoms with van der Waals surface area (Å²) in [5, 5.41) is 5.69. The smallest absolute Gasteiger partial charge is 0.256 e. The van der Waals surface area contributed by atoms with Gasteiger partial charge in [-0.3, -0.25) is 15.1 Å². The molecule has 1 aliphatic rings. The Morgan fingerprint density at radius 1 is 1.37 bits per heavy atom. The van der Waals surface area contributed by atoms with Gasteiger partial charge in [0.2, 0.25) is 0 Å². The summed E-state index contributed by atoms with van der Waals surface area (Å²) in [6, 6.07) is 5.82. The molecule has 102 valence electrons. The van der Waals surface area contributed by atoms with Crippen molar-refractivity contribution < 1.29 is 13.9 Å². The second-order valence-corrected chi connectivity index (χ2v) is 4.43. The largest absolute Gasteiger partial charge is 0.383 e. The minimum absolute atomic E-state index is 0.213. The molecule has 1 saturated heterocycles. The van der Waals surface area contributed by atoms with Crippen molar-refractivity contribution in [2.45, 2.75) is 12.5 Å². The van der Waals surface area contributed by atoms with Crippen LogP contribution in [0.4, 0.5) is 4.39 Å². The maximum atomic E-state index is 12.9.